The molecule has 0 radical (unpaired) electrons. The van der Waals surface area contributed by atoms with Gasteiger partial charge in [-0.05, 0) is 24.3 Å². The molecule has 0 saturated carbocycles. The Hall–Kier alpha value is -3.61. The van der Waals surface area contributed by atoms with Crippen molar-refractivity contribution in [2.75, 3.05) is 0 Å². The van der Waals surface area contributed by atoms with Crippen molar-refractivity contribution in [3.05, 3.63) is 40.0 Å². The Kier molecular flexibility index (Phi) is 4.65. The van der Waals surface area contributed by atoms with Gasteiger partial charge in [0.15, 0.2) is 5.82 Å². The summed E-state index contributed by atoms with van der Waals surface area (Å²) in [5.74, 6) is -1.21. The van der Waals surface area contributed by atoms with Gasteiger partial charge in [0.2, 0.25) is 0 Å². The molecule has 0 fully saturated rings. The van der Waals surface area contributed by atoms with Crippen molar-refractivity contribution >= 4 is 17.5 Å². The van der Waals surface area contributed by atoms with Crippen molar-refractivity contribution in [1.82, 2.24) is 14.8 Å². The summed E-state index contributed by atoms with van der Waals surface area (Å²) in [6, 6.07) is 10.9. The van der Waals surface area contributed by atoms with Gasteiger partial charge in [0, 0.05) is 15.8 Å². The molecule has 2 rings (SSSR count). The predicted octanol–water partition coefficient (Wildman–Crippen LogP) is 1.70. The van der Waals surface area contributed by atoms with Crippen LogP contribution in [0.5, 0.6) is 0 Å². The van der Waals surface area contributed by atoms with Crippen LogP contribution in [0.25, 0.3) is 11.4 Å². The Labute approximate surface area is 140 Å². The molecule has 1 amide bonds. The normalized spacial score (nSPS) is 10.2. The van der Waals surface area contributed by atoms with Gasteiger partial charge in [-0.3, -0.25) is 4.79 Å². The molecule has 1 aromatic carbocycles. The zero-order valence-electron chi connectivity index (χ0n) is 11.8. The summed E-state index contributed by atoms with van der Waals surface area (Å²) in [6.07, 6.45) is -0.600. The Balaban J connectivity index is 2.65. The SMILES string of the molecule is N#CC(C#N)(C#N)n1nc(-c2ccc(Cl)cc2)nc1CC(=O)N=O. The number of nitriles is 3. The van der Waals surface area contributed by atoms with Crippen LogP contribution < -0.4 is 0 Å². The van der Waals surface area contributed by atoms with Gasteiger partial charge in [-0.15, -0.1) is 10.0 Å². The van der Waals surface area contributed by atoms with Gasteiger partial charge >= 0.3 is 5.54 Å². The second-order valence-corrected chi connectivity index (χ2v) is 4.91. The van der Waals surface area contributed by atoms with Crippen molar-refractivity contribution in [2.24, 2.45) is 5.18 Å². The van der Waals surface area contributed by atoms with Crippen molar-refractivity contribution in [3.63, 3.8) is 0 Å². The van der Waals surface area contributed by atoms with Gasteiger partial charge in [-0.2, -0.15) is 15.8 Å². The highest BCUT2D eigenvalue weighted by atomic mass is 35.5. The van der Waals surface area contributed by atoms with Crippen LogP contribution in [0.2, 0.25) is 5.02 Å². The van der Waals surface area contributed by atoms with E-state index in [1.807, 2.05) is 0 Å². The predicted molar refractivity (Wildman–Crippen MR) is 79.8 cm³/mol. The van der Waals surface area contributed by atoms with E-state index in [9.17, 15) is 25.5 Å². The van der Waals surface area contributed by atoms with Crippen LogP contribution in [-0.2, 0) is 16.8 Å². The minimum Gasteiger partial charge on any atom is -0.269 e. The number of hydrogen-bond donors (Lipinski definition) is 0. The molecule has 0 atom stereocenters. The van der Waals surface area contributed by atoms with E-state index in [-0.39, 0.29) is 11.6 Å². The highest BCUT2D eigenvalue weighted by molar-refractivity contribution is 6.30. The van der Waals surface area contributed by atoms with Gasteiger partial charge < -0.3 is 0 Å². The van der Waals surface area contributed by atoms with E-state index in [1.54, 1.807) is 24.3 Å². The number of aromatic nitrogens is 3. The molecule has 10 heteroatoms. The molecule has 0 unspecified atom stereocenters. The largest absolute Gasteiger partial charge is 0.320 e. The number of rotatable bonds is 4. The van der Waals surface area contributed by atoms with Crippen LogP contribution in [0.3, 0.4) is 0 Å². The molecule has 9 nitrogen and oxygen atoms in total. The molecular formula is C14H6ClN7O2. The van der Waals surface area contributed by atoms with Gasteiger partial charge in [-0.25, -0.2) is 9.67 Å². The number of hydrogen-bond acceptors (Lipinski definition) is 7. The van der Waals surface area contributed by atoms with Crippen LogP contribution in [0.4, 0.5) is 0 Å². The minimum absolute atomic E-state index is 0.0606. The maximum atomic E-state index is 11.3. The quantitative estimate of drug-likeness (QED) is 0.769. The average Bonchev–Trinajstić information content (AvgIpc) is 3.02. The van der Waals surface area contributed by atoms with Crippen LogP contribution in [0, 0.1) is 38.9 Å². The molecule has 0 spiro atoms. The summed E-state index contributed by atoms with van der Waals surface area (Å²) in [5.41, 5.74) is -1.84. The Morgan fingerprint density at radius 1 is 1.21 bits per heavy atom. The van der Waals surface area contributed by atoms with Crippen LogP contribution >= 0.6 is 11.6 Å². The summed E-state index contributed by atoms with van der Waals surface area (Å²) in [5, 5.41) is 34.3. The Bertz CT molecular complexity index is 892. The Morgan fingerprint density at radius 3 is 2.29 bits per heavy atom. The van der Waals surface area contributed by atoms with Gasteiger partial charge in [0.05, 0.1) is 6.42 Å². The second-order valence-electron chi connectivity index (χ2n) is 4.48. The van der Waals surface area contributed by atoms with E-state index in [0.717, 1.165) is 4.68 Å². The second kappa shape index (κ2) is 6.66. The first-order chi connectivity index (χ1) is 11.5. The van der Waals surface area contributed by atoms with Crippen molar-refractivity contribution < 1.29 is 4.79 Å². The molecule has 1 heterocycles. The number of amides is 1. The summed E-state index contributed by atoms with van der Waals surface area (Å²) < 4.78 is 0.722. The number of nitroso groups, excluding NO2 is 1. The highest BCUT2D eigenvalue weighted by Gasteiger charge is 2.37. The molecular weight excluding hydrogens is 334 g/mol. The van der Waals surface area contributed by atoms with Crippen molar-refractivity contribution in [3.8, 4) is 29.6 Å². The first-order valence-electron chi connectivity index (χ1n) is 6.32. The number of carbonyl (C=O) groups excluding carboxylic acids is 1. The smallest absolute Gasteiger partial charge is 0.269 e. The maximum Gasteiger partial charge on any atom is 0.320 e. The number of benzene rings is 1. The molecule has 0 aliphatic carbocycles. The summed E-state index contributed by atoms with van der Waals surface area (Å²) in [6.45, 7) is 0. The lowest BCUT2D eigenvalue weighted by Gasteiger charge is -2.11. The van der Waals surface area contributed by atoms with Crippen LogP contribution in [-0.4, -0.2) is 20.7 Å². The molecule has 24 heavy (non-hydrogen) atoms. The van der Waals surface area contributed by atoms with E-state index >= 15 is 0 Å². The number of nitrogens with zero attached hydrogens (tertiary/aromatic N) is 7. The highest BCUT2D eigenvalue weighted by Crippen LogP contribution is 2.23. The summed E-state index contributed by atoms with van der Waals surface area (Å²) in [7, 11) is 0. The molecule has 0 saturated heterocycles. The first kappa shape index (κ1) is 16.8. The van der Waals surface area contributed by atoms with E-state index in [0.29, 0.717) is 10.6 Å². The minimum atomic E-state index is -2.32. The number of carbonyl (C=O) groups is 1. The molecule has 116 valence electrons. The molecule has 2 aromatic rings. The zero-order valence-corrected chi connectivity index (χ0v) is 12.6. The standard InChI is InChI=1S/C14H6ClN7O2/c15-10-3-1-9(2-4-10)13-19-11(5-12(23)21-24)22(20-13)14(6-16,7-17)8-18/h1-4H,5H2. The summed E-state index contributed by atoms with van der Waals surface area (Å²) >= 11 is 5.80. The van der Waals surface area contributed by atoms with E-state index < -0.39 is 17.9 Å². The zero-order chi connectivity index (χ0) is 17.7. The third kappa shape index (κ3) is 2.95. The first-order valence-corrected chi connectivity index (χ1v) is 6.69. The third-order valence-corrected chi connectivity index (χ3v) is 3.24. The fourth-order valence-electron chi connectivity index (χ4n) is 1.83. The van der Waals surface area contributed by atoms with Gasteiger partial charge in [-0.1, -0.05) is 11.6 Å². The lowest BCUT2D eigenvalue weighted by Crippen LogP contribution is -2.32. The van der Waals surface area contributed by atoms with Gasteiger partial charge in [0.25, 0.3) is 5.91 Å². The fraction of sp³-hybridized carbons (Fsp3) is 0.143. The average molecular weight is 340 g/mol. The van der Waals surface area contributed by atoms with Crippen LogP contribution in [0.15, 0.2) is 29.4 Å². The summed E-state index contributed by atoms with van der Waals surface area (Å²) in [4.78, 5) is 25.7. The molecule has 1 aromatic heterocycles. The molecule has 0 N–H and O–H groups in total. The van der Waals surface area contributed by atoms with E-state index in [4.69, 9.17) is 11.6 Å². The van der Waals surface area contributed by atoms with Crippen LogP contribution in [0.1, 0.15) is 5.82 Å². The third-order valence-electron chi connectivity index (χ3n) is 2.99. The lowest BCUT2D eigenvalue weighted by molar-refractivity contribution is -0.117. The monoisotopic (exact) mass is 339 g/mol. The molecule has 0 aliphatic heterocycles. The van der Waals surface area contributed by atoms with E-state index in [2.05, 4.69) is 15.3 Å². The molecule has 0 aliphatic rings. The topological polar surface area (TPSA) is 149 Å². The van der Waals surface area contributed by atoms with Crippen molar-refractivity contribution in [2.45, 2.75) is 12.0 Å². The lowest BCUT2D eigenvalue weighted by atomic mass is 10.1. The Morgan fingerprint density at radius 2 is 1.79 bits per heavy atom. The van der Waals surface area contributed by atoms with Crippen molar-refractivity contribution in [1.29, 1.82) is 15.8 Å². The molecule has 0 bridgehead atoms. The van der Waals surface area contributed by atoms with Gasteiger partial charge in [0.1, 0.15) is 24.0 Å². The fourth-order valence-corrected chi connectivity index (χ4v) is 1.96. The number of halogens is 1. The van der Waals surface area contributed by atoms with E-state index in [1.165, 1.54) is 18.2 Å². The maximum absolute atomic E-state index is 11.3.